The lowest BCUT2D eigenvalue weighted by molar-refractivity contribution is 0.0761. The number of fused-ring (bicyclic) bond motifs is 1. The van der Waals surface area contributed by atoms with E-state index in [1.54, 1.807) is 28.8 Å². The van der Waals surface area contributed by atoms with Crippen LogP contribution in [0.1, 0.15) is 21.3 Å². The highest BCUT2D eigenvalue weighted by molar-refractivity contribution is 7.99. The number of thioether (sulfide) groups is 1. The van der Waals surface area contributed by atoms with Crippen molar-refractivity contribution in [3.05, 3.63) is 83.7 Å². The second-order valence-electron chi connectivity index (χ2n) is 5.77. The second-order valence-corrected chi connectivity index (χ2v) is 6.96. The van der Waals surface area contributed by atoms with Gasteiger partial charge in [0.1, 0.15) is 11.2 Å². The number of nitrogens with zero attached hydrogens (tertiary/aromatic N) is 1. The lowest BCUT2D eigenvalue weighted by atomic mass is 10.0. The Balaban J connectivity index is 1.74. The molecule has 2 nitrogen and oxygen atoms in total. The van der Waals surface area contributed by atoms with Crippen molar-refractivity contribution in [2.24, 2.45) is 0 Å². The summed E-state index contributed by atoms with van der Waals surface area (Å²) in [5.41, 5.74) is 1.26. The van der Waals surface area contributed by atoms with E-state index in [1.807, 2.05) is 48.5 Å². The Kier molecular flexibility index (Phi) is 3.98. The lowest BCUT2D eigenvalue weighted by Gasteiger charge is -2.25. The molecule has 24 heavy (non-hydrogen) atoms. The Hall–Kier alpha value is -2.33. The summed E-state index contributed by atoms with van der Waals surface area (Å²) in [6, 6.07) is 20.3. The van der Waals surface area contributed by atoms with Crippen LogP contribution in [0.3, 0.4) is 0 Å². The van der Waals surface area contributed by atoms with Gasteiger partial charge in [-0.15, -0.1) is 11.8 Å². The van der Waals surface area contributed by atoms with Gasteiger partial charge in [0.15, 0.2) is 0 Å². The highest BCUT2D eigenvalue weighted by Crippen LogP contribution is 2.40. The first-order valence-corrected chi connectivity index (χ1v) is 8.95. The van der Waals surface area contributed by atoms with E-state index >= 15 is 0 Å². The van der Waals surface area contributed by atoms with E-state index < -0.39 is 0 Å². The third-order valence-electron chi connectivity index (χ3n) is 4.34. The zero-order chi connectivity index (χ0) is 16.5. The van der Waals surface area contributed by atoms with Gasteiger partial charge in [0.2, 0.25) is 0 Å². The Morgan fingerprint density at radius 2 is 1.75 bits per heavy atom. The molecule has 1 atom stereocenters. The Morgan fingerprint density at radius 1 is 1.00 bits per heavy atom. The van der Waals surface area contributed by atoms with Crippen LogP contribution in [0.5, 0.6) is 0 Å². The predicted molar refractivity (Wildman–Crippen MR) is 96.6 cm³/mol. The second kappa shape index (κ2) is 6.29. The van der Waals surface area contributed by atoms with Crippen LogP contribution in [-0.4, -0.2) is 23.1 Å². The van der Waals surface area contributed by atoms with E-state index in [9.17, 15) is 9.18 Å². The van der Waals surface area contributed by atoms with Gasteiger partial charge in [-0.05, 0) is 22.9 Å². The fourth-order valence-electron chi connectivity index (χ4n) is 3.18. The molecule has 1 heterocycles. The quantitative estimate of drug-likeness (QED) is 0.665. The van der Waals surface area contributed by atoms with E-state index in [-0.39, 0.29) is 17.1 Å². The van der Waals surface area contributed by atoms with Crippen LogP contribution in [0.4, 0.5) is 4.39 Å². The molecule has 0 spiro atoms. The monoisotopic (exact) mass is 337 g/mol. The molecule has 1 aliphatic rings. The lowest BCUT2D eigenvalue weighted by Crippen LogP contribution is -2.31. The van der Waals surface area contributed by atoms with Crippen molar-refractivity contribution in [2.75, 3.05) is 12.3 Å². The van der Waals surface area contributed by atoms with Crippen LogP contribution < -0.4 is 0 Å². The van der Waals surface area contributed by atoms with Crippen molar-refractivity contribution in [1.29, 1.82) is 0 Å². The Labute approximate surface area is 144 Å². The third-order valence-corrected chi connectivity index (χ3v) is 5.59. The van der Waals surface area contributed by atoms with Crippen LogP contribution in [0.2, 0.25) is 0 Å². The number of rotatable bonds is 2. The summed E-state index contributed by atoms with van der Waals surface area (Å²) in [6.07, 6.45) is 0. The highest BCUT2D eigenvalue weighted by Gasteiger charge is 2.33. The number of benzene rings is 3. The molecular weight excluding hydrogens is 321 g/mol. The summed E-state index contributed by atoms with van der Waals surface area (Å²) in [7, 11) is 0. The van der Waals surface area contributed by atoms with Crippen molar-refractivity contribution in [3.8, 4) is 0 Å². The van der Waals surface area contributed by atoms with E-state index in [0.29, 0.717) is 17.7 Å². The first kappa shape index (κ1) is 15.2. The number of amides is 1. The molecule has 0 saturated carbocycles. The van der Waals surface area contributed by atoms with E-state index in [4.69, 9.17) is 0 Å². The number of halogens is 1. The summed E-state index contributed by atoms with van der Waals surface area (Å²) in [5.74, 6) is 0.521. The smallest absolute Gasteiger partial charge is 0.255 e. The minimum atomic E-state index is -0.266. The van der Waals surface area contributed by atoms with Gasteiger partial charge in [0, 0.05) is 23.4 Å². The normalized spacial score (nSPS) is 17.4. The topological polar surface area (TPSA) is 20.3 Å². The molecule has 120 valence electrons. The Morgan fingerprint density at radius 3 is 2.62 bits per heavy atom. The molecule has 0 aliphatic carbocycles. The van der Waals surface area contributed by atoms with Crippen LogP contribution in [0.25, 0.3) is 10.8 Å². The van der Waals surface area contributed by atoms with E-state index in [0.717, 1.165) is 16.5 Å². The summed E-state index contributed by atoms with van der Waals surface area (Å²) in [5, 5.41) is 1.71. The SMILES string of the molecule is O=C(c1cccc2ccccc12)N1CCSC1c1ccccc1F. The average Bonchev–Trinajstić information content (AvgIpc) is 3.10. The zero-order valence-electron chi connectivity index (χ0n) is 13.0. The molecule has 1 amide bonds. The Bertz CT molecular complexity index is 906. The van der Waals surface area contributed by atoms with Gasteiger partial charge in [-0.25, -0.2) is 4.39 Å². The summed E-state index contributed by atoms with van der Waals surface area (Å²) >= 11 is 1.61. The van der Waals surface area contributed by atoms with E-state index in [1.165, 1.54) is 6.07 Å². The van der Waals surface area contributed by atoms with Crippen LogP contribution in [-0.2, 0) is 0 Å². The molecule has 0 N–H and O–H groups in total. The van der Waals surface area contributed by atoms with Crippen molar-refractivity contribution in [1.82, 2.24) is 4.90 Å². The van der Waals surface area contributed by atoms with Gasteiger partial charge in [-0.1, -0.05) is 54.6 Å². The van der Waals surface area contributed by atoms with Crippen LogP contribution in [0.15, 0.2) is 66.7 Å². The zero-order valence-corrected chi connectivity index (χ0v) is 13.8. The molecular formula is C20H16FNOS. The van der Waals surface area contributed by atoms with Crippen molar-refractivity contribution in [2.45, 2.75) is 5.37 Å². The molecule has 0 bridgehead atoms. The van der Waals surface area contributed by atoms with Crippen molar-refractivity contribution < 1.29 is 9.18 Å². The molecule has 1 aliphatic heterocycles. The average molecular weight is 337 g/mol. The minimum absolute atomic E-state index is 0.0370. The van der Waals surface area contributed by atoms with Gasteiger partial charge in [-0.2, -0.15) is 0 Å². The molecule has 0 radical (unpaired) electrons. The third kappa shape index (κ3) is 2.57. The maximum Gasteiger partial charge on any atom is 0.255 e. The number of hydrogen-bond acceptors (Lipinski definition) is 2. The largest absolute Gasteiger partial charge is 0.322 e. The van der Waals surface area contributed by atoms with E-state index in [2.05, 4.69) is 0 Å². The molecule has 4 rings (SSSR count). The van der Waals surface area contributed by atoms with Gasteiger partial charge >= 0.3 is 0 Å². The van der Waals surface area contributed by atoms with Gasteiger partial charge < -0.3 is 4.90 Å². The summed E-state index contributed by atoms with van der Waals surface area (Å²) in [6.45, 7) is 0.631. The molecule has 1 saturated heterocycles. The number of carbonyl (C=O) groups is 1. The standard InChI is InChI=1S/C20H16FNOS/c21-18-11-4-3-9-17(18)20-22(12-13-24-20)19(23)16-10-5-7-14-6-1-2-8-15(14)16/h1-11,20H,12-13H2. The fraction of sp³-hybridized carbons (Fsp3) is 0.150. The van der Waals surface area contributed by atoms with Crippen molar-refractivity contribution in [3.63, 3.8) is 0 Å². The minimum Gasteiger partial charge on any atom is -0.322 e. The molecule has 0 aromatic heterocycles. The highest BCUT2D eigenvalue weighted by atomic mass is 32.2. The van der Waals surface area contributed by atoms with Gasteiger partial charge in [-0.3, -0.25) is 4.79 Å². The number of hydrogen-bond donors (Lipinski definition) is 0. The van der Waals surface area contributed by atoms with Gasteiger partial charge in [0.05, 0.1) is 0 Å². The van der Waals surface area contributed by atoms with Gasteiger partial charge in [0.25, 0.3) is 5.91 Å². The first-order chi connectivity index (χ1) is 11.8. The molecule has 1 unspecified atom stereocenters. The summed E-state index contributed by atoms with van der Waals surface area (Å²) in [4.78, 5) is 14.9. The predicted octanol–water partition coefficient (Wildman–Crippen LogP) is 4.87. The molecule has 3 aromatic rings. The molecule has 3 aromatic carbocycles. The van der Waals surface area contributed by atoms with Crippen molar-refractivity contribution >= 4 is 28.4 Å². The fourth-order valence-corrected chi connectivity index (χ4v) is 4.45. The molecule has 4 heteroatoms. The maximum absolute atomic E-state index is 14.2. The first-order valence-electron chi connectivity index (χ1n) is 7.90. The molecule has 1 fully saturated rings. The summed E-state index contributed by atoms with van der Waals surface area (Å²) < 4.78 is 14.2. The maximum atomic E-state index is 14.2. The van der Waals surface area contributed by atoms with Crippen LogP contribution in [0, 0.1) is 5.82 Å². The van der Waals surface area contributed by atoms with Crippen LogP contribution >= 0.6 is 11.8 Å². The number of carbonyl (C=O) groups excluding carboxylic acids is 1.